The highest BCUT2D eigenvalue weighted by Crippen LogP contribution is 2.43. The first kappa shape index (κ1) is 27.1. The van der Waals surface area contributed by atoms with Crippen LogP contribution in [0.15, 0.2) is 175 Å². The van der Waals surface area contributed by atoms with E-state index in [1.807, 2.05) is 18.2 Å². The van der Waals surface area contributed by atoms with E-state index in [1.54, 1.807) is 0 Å². The first-order valence-electron chi connectivity index (χ1n) is 15.9. The second-order valence-electron chi connectivity index (χ2n) is 11.9. The highest BCUT2D eigenvalue weighted by atomic mass is 15.3. The Bertz CT molecular complexity index is 2430. The molecule has 0 spiro atoms. The molecule has 2 heterocycles. The monoisotopic (exact) mass is 601 g/mol. The quantitative estimate of drug-likeness (QED) is 0.145. The lowest BCUT2D eigenvalue weighted by Crippen LogP contribution is -2.10. The number of hydrogen-bond donors (Lipinski definition) is 0. The number of rotatable bonds is 5. The maximum absolute atomic E-state index is 5.13. The van der Waals surface area contributed by atoms with Gasteiger partial charge in [-0.15, -0.1) is 0 Å². The van der Waals surface area contributed by atoms with Gasteiger partial charge in [-0.3, -0.25) is 0 Å². The van der Waals surface area contributed by atoms with Crippen molar-refractivity contribution in [2.45, 2.75) is 6.04 Å². The summed E-state index contributed by atoms with van der Waals surface area (Å²) in [4.78, 5) is 10.2. The third-order valence-electron chi connectivity index (χ3n) is 9.05. The van der Waals surface area contributed by atoms with Crippen LogP contribution in [0.5, 0.6) is 0 Å². The van der Waals surface area contributed by atoms with Crippen molar-refractivity contribution in [1.29, 1.82) is 0 Å². The molecule has 0 amide bonds. The second-order valence-corrected chi connectivity index (χ2v) is 11.9. The minimum Gasteiger partial charge on any atom is -0.227 e. The Morgan fingerprint density at radius 1 is 0.447 bits per heavy atom. The molecule has 0 fully saturated rings. The lowest BCUT2D eigenvalue weighted by atomic mass is 9.97. The first-order valence-corrected chi connectivity index (χ1v) is 15.9. The van der Waals surface area contributed by atoms with E-state index < -0.39 is 0 Å². The van der Waals surface area contributed by atoms with Gasteiger partial charge in [-0.05, 0) is 46.8 Å². The van der Waals surface area contributed by atoms with Crippen LogP contribution in [0.3, 0.4) is 0 Å². The SMILES string of the molecule is c1ccc(-c2nc(-c3ccc(-c4ccc([N+]5=Nc6ccccc6C5c5ccccc5)cc4)cc3)c3ccc4ccccc4c3n2)cc1. The molecule has 4 nitrogen and oxygen atoms in total. The van der Waals surface area contributed by atoms with Gasteiger partial charge in [0.15, 0.2) is 5.82 Å². The summed E-state index contributed by atoms with van der Waals surface area (Å²) in [5, 5.41) is 8.37. The molecule has 47 heavy (non-hydrogen) atoms. The van der Waals surface area contributed by atoms with Crippen LogP contribution in [0.25, 0.3) is 55.4 Å². The Kier molecular flexibility index (Phi) is 6.50. The Morgan fingerprint density at radius 3 is 1.87 bits per heavy atom. The average Bonchev–Trinajstić information content (AvgIpc) is 3.55. The van der Waals surface area contributed by atoms with Crippen molar-refractivity contribution in [2.75, 3.05) is 0 Å². The smallest absolute Gasteiger partial charge is 0.227 e. The Hall–Kier alpha value is -6.26. The zero-order valence-electron chi connectivity index (χ0n) is 25.5. The second kappa shape index (κ2) is 11.3. The summed E-state index contributed by atoms with van der Waals surface area (Å²) in [7, 11) is 0. The molecule has 1 atom stereocenters. The van der Waals surface area contributed by atoms with Gasteiger partial charge in [0.2, 0.25) is 11.7 Å². The Balaban J connectivity index is 1.08. The van der Waals surface area contributed by atoms with Gasteiger partial charge < -0.3 is 0 Å². The zero-order chi connectivity index (χ0) is 31.2. The van der Waals surface area contributed by atoms with E-state index in [2.05, 4.69) is 156 Å². The third kappa shape index (κ3) is 4.79. The topological polar surface area (TPSA) is 41.1 Å². The standard InChI is InChI=1S/C43H29N4/c1-3-12-33(13-4-1)42-37-17-9-10-18-39(37)46-47(42)35-26-23-30(24-27-35)29-19-21-32(22-20-29)40-38-28-25-31-11-7-8-16-36(31)41(38)45-43(44-40)34-14-5-2-6-15-34/h1-28,42H/q+1. The van der Waals surface area contributed by atoms with E-state index in [1.165, 1.54) is 16.5 Å². The van der Waals surface area contributed by atoms with Crippen LogP contribution >= 0.6 is 0 Å². The van der Waals surface area contributed by atoms with Crippen molar-refractivity contribution in [2.24, 2.45) is 5.11 Å². The summed E-state index contributed by atoms with van der Waals surface area (Å²) < 4.78 is 2.14. The number of nitrogens with zero attached hydrogens (tertiary/aromatic N) is 4. The molecular weight excluding hydrogens is 573 g/mol. The number of hydrogen-bond acceptors (Lipinski definition) is 3. The number of benzene rings is 7. The van der Waals surface area contributed by atoms with E-state index in [0.29, 0.717) is 0 Å². The van der Waals surface area contributed by atoms with Crippen molar-refractivity contribution >= 4 is 33.1 Å². The Labute approximate surface area is 273 Å². The maximum Gasteiger partial charge on any atom is 0.237 e. The molecule has 1 aromatic heterocycles. The van der Waals surface area contributed by atoms with Crippen molar-refractivity contribution in [3.8, 4) is 33.8 Å². The summed E-state index contributed by atoms with van der Waals surface area (Å²) in [6.45, 7) is 0. The molecule has 0 bridgehead atoms. The van der Waals surface area contributed by atoms with Gasteiger partial charge in [-0.2, -0.15) is 0 Å². The normalized spacial score (nSPS) is 13.9. The molecule has 0 aliphatic carbocycles. The summed E-state index contributed by atoms with van der Waals surface area (Å²) in [6.07, 6.45) is 0. The summed E-state index contributed by atoms with van der Waals surface area (Å²) in [6, 6.07) is 59.4. The molecule has 1 aliphatic rings. The predicted molar refractivity (Wildman–Crippen MR) is 190 cm³/mol. The average molecular weight is 602 g/mol. The first-order chi connectivity index (χ1) is 23.3. The zero-order valence-corrected chi connectivity index (χ0v) is 25.5. The summed E-state index contributed by atoms with van der Waals surface area (Å²) in [5.41, 5.74) is 10.8. The molecule has 9 rings (SSSR count). The van der Waals surface area contributed by atoms with Gasteiger partial charge in [0, 0.05) is 44.7 Å². The van der Waals surface area contributed by atoms with Crippen LogP contribution in [0, 0.1) is 0 Å². The van der Waals surface area contributed by atoms with Crippen LogP contribution in [-0.2, 0) is 0 Å². The molecule has 0 saturated carbocycles. The third-order valence-corrected chi connectivity index (χ3v) is 9.05. The van der Waals surface area contributed by atoms with Gasteiger partial charge in [0.05, 0.1) is 16.8 Å². The van der Waals surface area contributed by atoms with E-state index in [9.17, 15) is 0 Å². The van der Waals surface area contributed by atoms with Crippen molar-refractivity contribution < 1.29 is 4.70 Å². The highest BCUT2D eigenvalue weighted by Gasteiger charge is 2.37. The van der Waals surface area contributed by atoms with Crippen molar-refractivity contribution in [1.82, 2.24) is 9.97 Å². The maximum atomic E-state index is 5.13. The van der Waals surface area contributed by atoms with Crippen LogP contribution in [0.1, 0.15) is 17.2 Å². The highest BCUT2D eigenvalue weighted by molar-refractivity contribution is 6.09. The fourth-order valence-corrected chi connectivity index (χ4v) is 6.71. The minimum atomic E-state index is 0.0399. The predicted octanol–water partition coefficient (Wildman–Crippen LogP) is 11.3. The molecule has 220 valence electrons. The number of fused-ring (bicyclic) bond motifs is 4. The fourth-order valence-electron chi connectivity index (χ4n) is 6.71. The molecule has 0 saturated heterocycles. The van der Waals surface area contributed by atoms with Crippen LogP contribution in [-0.4, -0.2) is 14.7 Å². The van der Waals surface area contributed by atoms with E-state index >= 15 is 0 Å². The molecule has 7 aromatic carbocycles. The summed E-state index contributed by atoms with van der Waals surface area (Å²) in [5.74, 6) is 0.729. The van der Waals surface area contributed by atoms with Crippen LogP contribution < -0.4 is 0 Å². The molecule has 1 unspecified atom stereocenters. The molecule has 8 aromatic rings. The Morgan fingerprint density at radius 2 is 1.09 bits per heavy atom. The number of aromatic nitrogens is 2. The van der Waals surface area contributed by atoms with Crippen molar-refractivity contribution in [3.63, 3.8) is 0 Å². The molecule has 0 N–H and O–H groups in total. The summed E-state index contributed by atoms with van der Waals surface area (Å²) >= 11 is 0. The van der Waals surface area contributed by atoms with Gasteiger partial charge in [-0.1, -0.05) is 132 Å². The molecular formula is C43H29N4+. The van der Waals surface area contributed by atoms with Crippen LogP contribution in [0.4, 0.5) is 11.4 Å². The molecule has 0 radical (unpaired) electrons. The van der Waals surface area contributed by atoms with Crippen LogP contribution in [0.2, 0.25) is 0 Å². The van der Waals surface area contributed by atoms with Gasteiger partial charge in [0.25, 0.3) is 0 Å². The van der Waals surface area contributed by atoms with Crippen molar-refractivity contribution in [3.05, 3.63) is 181 Å². The van der Waals surface area contributed by atoms with E-state index in [-0.39, 0.29) is 6.04 Å². The lowest BCUT2D eigenvalue weighted by molar-refractivity contribution is -0.536. The molecule has 4 heteroatoms. The molecule has 1 aliphatic heterocycles. The lowest BCUT2D eigenvalue weighted by Gasteiger charge is -2.12. The number of azo groups is 2. The van der Waals surface area contributed by atoms with E-state index in [4.69, 9.17) is 15.1 Å². The largest absolute Gasteiger partial charge is 0.237 e. The van der Waals surface area contributed by atoms with E-state index in [0.717, 1.165) is 61.4 Å². The van der Waals surface area contributed by atoms with Gasteiger partial charge in [-0.25, -0.2) is 9.97 Å². The minimum absolute atomic E-state index is 0.0399. The van der Waals surface area contributed by atoms with Gasteiger partial charge in [0.1, 0.15) is 5.69 Å². The van der Waals surface area contributed by atoms with Gasteiger partial charge >= 0.3 is 0 Å². The fraction of sp³-hybridized carbons (Fsp3) is 0.0233.